The number of carboxylic acid groups (broad SMARTS) is 3. The van der Waals surface area contributed by atoms with Crippen molar-refractivity contribution in [1.29, 1.82) is 0 Å². The summed E-state index contributed by atoms with van der Waals surface area (Å²) in [6, 6.07) is -0.623. The Hall–Kier alpha value is -1.41. The average molecular weight is 1110 g/mol. The van der Waals surface area contributed by atoms with Gasteiger partial charge in [0.1, 0.15) is 29.7 Å². The van der Waals surface area contributed by atoms with Gasteiger partial charge in [0.25, 0.3) is 0 Å². The number of amides is 2. The zero-order valence-corrected chi connectivity index (χ0v) is 45.9. The van der Waals surface area contributed by atoms with E-state index in [1.807, 2.05) is 0 Å². The van der Waals surface area contributed by atoms with Gasteiger partial charge in [-0.05, 0) is 38.5 Å². The van der Waals surface area contributed by atoms with E-state index in [4.69, 9.17) is 24.1 Å². The fourth-order valence-corrected chi connectivity index (χ4v) is 16.5. The molecule has 0 aliphatic carbocycles. The summed E-state index contributed by atoms with van der Waals surface area (Å²) in [6.45, 7) is 2.14. The number of ether oxygens (including phenoxy) is 4. The van der Waals surface area contributed by atoms with Crippen molar-refractivity contribution in [2.45, 2.75) is 171 Å². The number of ketones is 2. The van der Waals surface area contributed by atoms with E-state index < -0.39 is 29.9 Å². The molecular weight excluding hydrogens is 1020 g/mol. The molecule has 0 bridgehead atoms. The molecule has 3 atom stereocenters. The molecule has 1 aliphatic rings. The van der Waals surface area contributed by atoms with Gasteiger partial charge in [0, 0.05) is 51.8 Å². The Morgan fingerprint density at radius 2 is 1.07 bits per heavy atom. The molecule has 6 N–H and O–H groups in total. The zero-order chi connectivity index (χ0) is 51.1. The first-order valence-electron chi connectivity index (χ1n) is 25.0. The van der Waals surface area contributed by atoms with E-state index in [0.717, 1.165) is 69.3 Å². The molecule has 1 rings (SSSR count). The first kappa shape index (κ1) is 66.6. The molecule has 0 aromatic heterocycles. The van der Waals surface area contributed by atoms with Crippen LogP contribution in [0.2, 0.25) is 0 Å². The fourth-order valence-electron chi connectivity index (χ4n) is 7.00. The van der Waals surface area contributed by atoms with Crippen molar-refractivity contribution in [2.75, 3.05) is 71.0 Å². The standard InChI is InChI=1S/C47H82N3O14S6/c51-39(19-14-11-9-7-5-3-1-2-4-6-8-10-12-16-22-44(55)56)33-38(45(57)58)23-24-42(53)49-26-28-62-30-31-63-34-40(52)20-18-27-61-29-32-64-35-43(54)48-25-17-13-15-21-41(46(59)60)50-47-69-67-36-65-66-37-68-70-47/h36,38,41,47,50H,1-35,37H2,(H,48,54)(H,49,53)(H,55,56)(H,57,58)(H,59,60)/t38-,41+,47?/m1/s1. The molecule has 2 amide bonds. The van der Waals surface area contributed by atoms with Crippen LogP contribution in [0.4, 0.5) is 0 Å². The molecule has 1 saturated heterocycles. The lowest BCUT2D eigenvalue weighted by Crippen LogP contribution is -2.40. The van der Waals surface area contributed by atoms with Crippen LogP contribution >= 0.6 is 64.8 Å². The van der Waals surface area contributed by atoms with Crippen LogP contribution in [-0.2, 0) is 52.5 Å². The van der Waals surface area contributed by atoms with Gasteiger partial charge >= 0.3 is 17.9 Å². The number of aliphatic carboxylic acids is 3. The molecular formula is C47H82N3O14S6. The summed E-state index contributed by atoms with van der Waals surface area (Å²) in [7, 11) is 10.0. The number of unbranched alkanes of at least 4 members (excludes halogenated alkanes) is 15. The minimum absolute atomic E-state index is 0.00000265. The van der Waals surface area contributed by atoms with Crippen LogP contribution in [0, 0.1) is 11.0 Å². The predicted octanol–water partition coefficient (Wildman–Crippen LogP) is 9.52. The van der Waals surface area contributed by atoms with Gasteiger partial charge in [-0.15, -0.1) is 0 Å². The van der Waals surface area contributed by atoms with Crippen LogP contribution in [0.1, 0.15) is 161 Å². The highest BCUT2D eigenvalue weighted by molar-refractivity contribution is 8.93. The van der Waals surface area contributed by atoms with Gasteiger partial charge in [-0.3, -0.25) is 38.9 Å². The summed E-state index contributed by atoms with van der Waals surface area (Å²) in [5, 5.41) is 39.7. The molecule has 0 saturated carbocycles. The third-order valence-corrected chi connectivity index (χ3v) is 20.0. The number of rotatable bonds is 49. The van der Waals surface area contributed by atoms with Crippen molar-refractivity contribution < 1.29 is 67.8 Å². The molecule has 70 heavy (non-hydrogen) atoms. The van der Waals surface area contributed by atoms with Gasteiger partial charge in [-0.25, -0.2) is 0 Å². The maximum Gasteiger partial charge on any atom is 0.320 e. The monoisotopic (exact) mass is 1100 g/mol. The largest absolute Gasteiger partial charge is 0.481 e. The highest BCUT2D eigenvalue weighted by Gasteiger charge is 2.24. The lowest BCUT2D eigenvalue weighted by molar-refractivity contribution is -0.144. The smallest absolute Gasteiger partial charge is 0.320 e. The summed E-state index contributed by atoms with van der Waals surface area (Å²) < 4.78 is 21.6. The van der Waals surface area contributed by atoms with Gasteiger partial charge in [0.2, 0.25) is 11.8 Å². The minimum atomic E-state index is -1.07. The molecule has 405 valence electrons. The number of carbonyl (C=O) groups is 7. The van der Waals surface area contributed by atoms with E-state index in [9.17, 15) is 43.8 Å². The molecule has 1 aliphatic heterocycles. The van der Waals surface area contributed by atoms with E-state index in [2.05, 4.69) is 21.0 Å². The van der Waals surface area contributed by atoms with E-state index in [1.165, 1.54) is 44.9 Å². The first-order valence-corrected chi connectivity index (χ1v) is 32.0. The summed E-state index contributed by atoms with van der Waals surface area (Å²) in [5.74, 6) is -4.22. The summed E-state index contributed by atoms with van der Waals surface area (Å²) in [5.41, 5.74) is 0. The van der Waals surface area contributed by atoms with Gasteiger partial charge in [0.15, 0.2) is 5.78 Å². The minimum Gasteiger partial charge on any atom is -0.481 e. The van der Waals surface area contributed by atoms with Crippen molar-refractivity contribution in [1.82, 2.24) is 16.0 Å². The van der Waals surface area contributed by atoms with Crippen LogP contribution in [0.5, 0.6) is 0 Å². The Labute approximate surface area is 440 Å². The second-order valence-electron chi connectivity index (χ2n) is 16.9. The normalized spacial score (nSPS) is 14.2. The van der Waals surface area contributed by atoms with Crippen LogP contribution in [-0.4, -0.2) is 138 Å². The highest BCUT2D eigenvalue weighted by Crippen LogP contribution is 2.48. The number of hydrogen-bond donors (Lipinski definition) is 6. The topological polar surface area (TPSA) is 253 Å². The molecule has 23 heteroatoms. The summed E-state index contributed by atoms with van der Waals surface area (Å²) in [4.78, 5) is 83.0. The van der Waals surface area contributed by atoms with Crippen LogP contribution in [0.15, 0.2) is 0 Å². The van der Waals surface area contributed by atoms with Gasteiger partial charge < -0.3 is 44.9 Å². The number of Topliss-reactive ketones (excluding diaryl/α,β-unsaturated/α-hetero) is 2. The van der Waals surface area contributed by atoms with Crippen molar-refractivity contribution in [3.8, 4) is 0 Å². The molecule has 1 radical (unpaired) electrons. The zero-order valence-electron chi connectivity index (χ0n) is 41.0. The number of nitrogens with one attached hydrogen (secondary N) is 3. The van der Waals surface area contributed by atoms with Gasteiger partial charge in [-0.2, -0.15) is 0 Å². The fraction of sp³-hybridized carbons (Fsp3) is 0.830. The molecule has 0 aromatic carbocycles. The van der Waals surface area contributed by atoms with E-state index >= 15 is 0 Å². The Morgan fingerprint density at radius 1 is 0.500 bits per heavy atom. The molecule has 17 nitrogen and oxygen atoms in total. The van der Waals surface area contributed by atoms with Crippen molar-refractivity contribution in [2.24, 2.45) is 5.92 Å². The third-order valence-electron chi connectivity index (χ3n) is 10.9. The molecule has 0 spiro atoms. The lowest BCUT2D eigenvalue weighted by Gasteiger charge is -2.21. The maximum atomic E-state index is 12.5. The highest BCUT2D eigenvalue weighted by atomic mass is 33.2. The summed E-state index contributed by atoms with van der Waals surface area (Å²) in [6.07, 6.45) is 19.5. The van der Waals surface area contributed by atoms with Crippen LogP contribution < -0.4 is 16.0 Å². The lowest BCUT2D eigenvalue weighted by atomic mass is 9.94. The van der Waals surface area contributed by atoms with Crippen molar-refractivity contribution >= 4 is 106 Å². The van der Waals surface area contributed by atoms with Gasteiger partial charge in [0.05, 0.1) is 49.1 Å². The molecule has 1 unspecified atom stereocenters. The van der Waals surface area contributed by atoms with Gasteiger partial charge in [-0.1, -0.05) is 155 Å². The van der Waals surface area contributed by atoms with E-state index in [-0.39, 0.29) is 107 Å². The summed E-state index contributed by atoms with van der Waals surface area (Å²) >= 11 is 0. The second-order valence-corrected chi connectivity index (χ2v) is 24.8. The maximum absolute atomic E-state index is 12.5. The second kappa shape index (κ2) is 48.5. The molecule has 1 fully saturated rings. The Bertz CT molecular complexity index is 1400. The first-order chi connectivity index (χ1) is 34.0. The average Bonchev–Trinajstić information content (AvgIpc) is 3.46. The molecule has 0 aromatic rings. The third kappa shape index (κ3) is 44.1. The number of carbonyl (C=O) groups excluding carboxylic acids is 4. The van der Waals surface area contributed by atoms with Crippen molar-refractivity contribution in [3.63, 3.8) is 0 Å². The SMILES string of the molecule is O=C(O)CCCCCCCCCCCCCCCCC(=O)C[C@@H](CCC(=O)NCCOCCOCC(=O)CCCOCCOCC(=O)NCCCCC[C@H](NC1SS[CH]SSCSS1)C(=O)O)C(=O)O. The Balaban J connectivity index is 1.91. The Morgan fingerprint density at radius 3 is 1.71 bits per heavy atom. The van der Waals surface area contributed by atoms with Crippen molar-refractivity contribution in [3.05, 3.63) is 5.08 Å². The quantitative estimate of drug-likeness (QED) is 0.0245. The Kier molecular flexibility index (Phi) is 46.2. The van der Waals surface area contributed by atoms with Crippen LogP contribution in [0.25, 0.3) is 0 Å². The number of hydrogen-bond acceptors (Lipinski definition) is 18. The predicted molar refractivity (Wildman–Crippen MR) is 287 cm³/mol. The van der Waals surface area contributed by atoms with E-state index in [1.54, 1.807) is 64.8 Å². The van der Waals surface area contributed by atoms with E-state index in [0.29, 0.717) is 38.8 Å². The molecule has 1 heterocycles. The van der Waals surface area contributed by atoms with Crippen LogP contribution in [0.3, 0.4) is 0 Å². The number of carboxylic acids is 3.